The molecule has 0 unspecified atom stereocenters. The van der Waals surface area contributed by atoms with Gasteiger partial charge in [0.15, 0.2) is 5.78 Å². The molecule has 7 heteroatoms. The van der Waals surface area contributed by atoms with Crippen LogP contribution in [0.5, 0.6) is 5.75 Å². The zero-order valence-corrected chi connectivity index (χ0v) is 19.1. The molecule has 32 heavy (non-hydrogen) atoms. The number of anilines is 1. The molecule has 3 aromatic rings. The maximum absolute atomic E-state index is 13.3. The summed E-state index contributed by atoms with van der Waals surface area (Å²) in [6.07, 6.45) is 2.30. The maximum Gasteiger partial charge on any atom is 0.230 e. The normalized spacial score (nSPS) is 17.9. The molecule has 164 valence electrons. The lowest BCUT2D eigenvalue weighted by atomic mass is 9.85. The zero-order valence-electron chi connectivity index (χ0n) is 18.3. The quantitative estimate of drug-likeness (QED) is 0.496. The summed E-state index contributed by atoms with van der Waals surface area (Å²) in [4.78, 5) is 20.4. The molecule has 0 amide bonds. The van der Waals surface area contributed by atoms with Gasteiger partial charge in [-0.3, -0.25) is 4.79 Å². The Labute approximate surface area is 192 Å². The number of thioether (sulfide) groups is 1. The summed E-state index contributed by atoms with van der Waals surface area (Å²) in [5, 5.41) is 5.61. The van der Waals surface area contributed by atoms with Gasteiger partial charge in [-0.2, -0.15) is 4.98 Å². The highest BCUT2D eigenvalue weighted by atomic mass is 32.2. The van der Waals surface area contributed by atoms with Crippen LogP contribution in [0.15, 0.2) is 71.0 Å². The van der Waals surface area contributed by atoms with Gasteiger partial charge >= 0.3 is 0 Å². The Hall–Kier alpha value is -3.06. The van der Waals surface area contributed by atoms with Crippen LogP contribution >= 0.6 is 11.8 Å². The van der Waals surface area contributed by atoms with Crippen molar-refractivity contribution >= 4 is 23.5 Å². The number of carbonyl (C=O) groups excluding carboxylic acids is 1. The highest BCUT2D eigenvalue weighted by Gasteiger charge is 2.40. The van der Waals surface area contributed by atoms with Gasteiger partial charge < -0.3 is 9.64 Å². The number of Topliss-reactive ketones (excluding diaryl/α,β-unsaturated/α-hetero) is 1. The number of allylic oxidation sites excluding steroid dienone is 2. The Morgan fingerprint density at radius 3 is 2.59 bits per heavy atom. The summed E-state index contributed by atoms with van der Waals surface area (Å²) >= 11 is 1.62. The topological polar surface area (TPSA) is 60.2 Å². The van der Waals surface area contributed by atoms with Gasteiger partial charge in [-0.1, -0.05) is 61.2 Å². The number of ether oxygens (including phenoxy) is 1. The Morgan fingerprint density at radius 2 is 1.88 bits per heavy atom. The van der Waals surface area contributed by atoms with E-state index in [0.717, 1.165) is 52.3 Å². The van der Waals surface area contributed by atoms with Crippen molar-refractivity contribution in [3.8, 4) is 5.75 Å². The van der Waals surface area contributed by atoms with Crippen molar-refractivity contribution in [3.63, 3.8) is 0 Å². The van der Waals surface area contributed by atoms with Crippen molar-refractivity contribution in [3.05, 3.63) is 77.0 Å². The molecular weight excluding hydrogens is 420 g/mol. The Bertz CT molecular complexity index is 1150. The smallest absolute Gasteiger partial charge is 0.230 e. The lowest BCUT2D eigenvalue weighted by Gasteiger charge is -2.39. The molecule has 1 aliphatic carbocycles. The third-order valence-corrected chi connectivity index (χ3v) is 6.72. The van der Waals surface area contributed by atoms with Crippen LogP contribution in [0, 0.1) is 0 Å². The summed E-state index contributed by atoms with van der Waals surface area (Å²) < 4.78 is 7.30. The minimum Gasteiger partial charge on any atom is -0.497 e. The van der Waals surface area contributed by atoms with Gasteiger partial charge in [0, 0.05) is 17.7 Å². The van der Waals surface area contributed by atoms with Crippen molar-refractivity contribution in [2.75, 3.05) is 17.8 Å². The van der Waals surface area contributed by atoms with E-state index in [1.54, 1.807) is 18.9 Å². The number of carbonyl (C=O) groups is 1. The first-order valence-electron chi connectivity index (χ1n) is 11.0. The molecular formula is C25H26N4O2S. The second-order valence-corrected chi connectivity index (χ2v) is 9.19. The number of aromatic nitrogens is 3. The van der Waals surface area contributed by atoms with Crippen LogP contribution in [0.4, 0.5) is 5.95 Å². The van der Waals surface area contributed by atoms with Gasteiger partial charge in [0.1, 0.15) is 11.8 Å². The lowest BCUT2D eigenvalue weighted by Crippen LogP contribution is -2.38. The molecule has 2 heterocycles. The van der Waals surface area contributed by atoms with E-state index in [1.807, 2.05) is 47.1 Å². The molecule has 0 bridgehead atoms. The van der Waals surface area contributed by atoms with E-state index in [9.17, 15) is 4.79 Å². The van der Waals surface area contributed by atoms with Crippen LogP contribution in [-0.4, -0.2) is 33.4 Å². The second-order valence-electron chi connectivity index (χ2n) is 7.96. The average molecular weight is 447 g/mol. The standard InChI is InChI=1S/C25H26N4O2S/c1-3-32-24-26-25-28(16-17-8-5-4-6-9-17)20-10-7-11-21(30)22(20)23(29(25)27-24)18-12-14-19(31-2)15-13-18/h4-6,8-9,12-15,23H,3,7,10-11,16H2,1-2H3/t23-/m0/s1. The van der Waals surface area contributed by atoms with Gasteiger partial charge in [0.05, 0.1) is 13.7 Å². The van der Waals surface area contributed by atoms with Crippen molar-refractivity contribution in [1.82, 2.24) is 14.8 Å². The van der Waals surface area contributed by atoms with Gasteiger partial charge in [-0.25, -0.2) is 4.68 Å². The number of hydrogen-bond donors (Lipinski definition) is 0. The molecule has 1 aliphatic heterocycles. The summed E-state index contributed by atoms with van der Waals surface area (Å²) in [5.74, 6) is 2.69. The summed E-state index contributed by atoms with van der Waals surface area (Å²) in [5.41, 5.74) is 4.13. The molecule has 0 radical (unpaired) electrons. The van der Waals surface area contributed by atoms with Crippen LogP contribution in [0.1, 0.15) is 43.4 Å². The molecule has 0 N–H and O–H groups in total. The predicted molar refractivity (Wildman–Crippen MR) is 126 cm³/mol. The first kappa shape index (κ1) is 20.8. The zero-order chi connectivity index (χ0) is 22.1. The number of benzene rings is 2. The summed E-state index contributed by atoms with van der Waals surface area (Å²) in [6.45, 7) is 2.76. The third kappa shape index (κ3) is 3.71. The highest BCUT2D eigenvalue weighted by Crippen LogP contribution is 2.44. The van der Waals surface area contributed by atoms with Crippen LogP contribution in [0.2, 0.25) is 0 Å². The number of fused-ring (bicyclic) bond motifs is 1. The van der Waals surface area contributed by atoms with E-state index >= 15 is 0 Å². The van der Waals surface area contributed by atoms with Gasteiger partial charge in [0.25, 0.3) is 0 Å². The van der Waals surface area contributed by atoms with Crippen molar-refractivity contribution in [2.24, 2.45) is 0 Å². The van der Waals surface area contributed by atoms with Gasteiger partial charge in [0.2, 0.25) is 11.1 Å². The predicted octanol–water partition coefficient (Wildman–Crippen LogP) is 5.02. The number of ketones is 1. The number of hydrogen-bond acceptors (Lipinski definition) is 6. The maximum atomic E-state index is 13.3. The Morgan fingerprint density at radius 1 is 1.09 bits per heavy atom. The molecule has 1 aromatic heterocycles. The first-order chi connectivity index (χ1) is 15.7. The molecule has 2 aliphatic rings. The van der Waals surface area contributed by atoms with Gasteiger partial charge in [-0.15, -0.1) is 5.10 Å². The van der Waals surface area contributed by atoms with Crippen LogP contribution in [0.25, 0.3) is 0 Å². The van der Waals surface area contributed by atoms with E-state index in [0.29, 0.717) is 13.0 Å². The van der Waals surface area contributed by atoms with E-state index in [4.69, 9.17) is 14.8 Å². The van der Waals surface area contributed by atoms with E-state index in [2.05, 4.69) is 24.0 Å². The molecule has 1 atom stereocenters. The van der Waals surface area contributed by atoms with Gasteiger partial charge in [-0.05, 0) is 41.9 Å². The summed E-state index contributed by atoms with van der Waals surface area (Å²) in [7, 11) is 1.66. The van der Waals surface area contributed by atoms with E-state index < -0.39 is 0 Å². The number of nitrogens with zero attached hydrogens (tertiary/aromatic N) is 4. The molecule has 0 fully saturated rings. The SMILES string of the molecule is CCSc1nc2n(n1)[C@@H](c1ccc(OC)cc1)C1=C(CCCC1=O)N2Cc1ccccc1. The largest absolute Gasteiger partial charge is 0.497 e. The van der Waals surface area contributed by atoms with E-state index in [-0.39, 0.29) is 11.8 Å². The molecule has 5 rings (SSSR count). The summed E-state index contributed by atoms with van der Waals surface area (Å²) in [6, 6.07) is 18.0. The molecule has 6 nitrogen and oxygen atoms in total. The Balaban J connectivity index is 1.68. The van der Waals surface area contributed by atoms with Crippen LogP contribution < -0.4 is 9.64 Å². The fraction of sp³-hybridized carbons (Fsp3) is 0.320. The molecule has 0 saturated heterocycles. The second kappa shape index (κ2) is 8.82. The van der Waals surface area contributed by atoms with Crippen molar-refractivity contribution in [1.29, 1.82) is 0 Å². The Kier molecular flexibility index (Phi) is 5.74. The number of methoxy groups -OCH3 is 1. The fourth-order valence-corrected chi connectivity index (χ4v) is 5.10. The monoisotopic (exact) mass is 446 g/mol. The van der Waals surface area contributed by atoms with Crippen LogP contribution in [0.3, 0.4) is 0 Å². The third-order valence-electron chi connectivity index (χ3n) is 6.00. The van der Waals surface area contributed by atoms with E-state index in [1.165, 1.54) is 5.56 Å². The first-order valence-corrected chi connectivity index (χ1v) is 12.0. The molecule has 2 aromatic carbocycles. The van der Waals surface area contributed by atoms with Crippen molar-refractivity contribution in [2.45, 2.75) is 43.9 Å². The minimum atomic E-state index is -0.274. The van der Waals surface area contributed by atoms with Crippen LogP contribution in [-0.2, 0) is 11.3 Å². The highest BCUT2D eigenvalue weighted by molar-refractivity contribution is 7.99. The average Bonchev–Trinajstić information content (AvgIpc) is 3.24. The number of rotatable bonds is 6. The minimum absolute atomic E-state index is 0.205. The lowest BCUT2D eigenvalue weighted by molar-refractivity contribution is -0.116. The fourth-order valence-electron chi connectivity index (χ4n) is 4.55. The van der Waals surface area contributed by atoms with Crippen molar-refractivity contribution < 1.29 is 9.53 Å². The molecule has 0 spiro atoms. The molecule has 0 saturated carbocycles.